The molecule has 1 aliphatic carbocycles. The first-order chi connectivity index (χ1) is 17.0. The maximum Gasteiger partial charge on any atom is 0.186 e. The Labute approximate surface area is 216 Å². The van der Waals surface area contributed by atoms with Crippen LogP contribution in [0.5, 0.6) is 0 Å². The number of aliphatic imine (C=N–C) groups is 1. The average molecular weight is 499 g/mol. The number of nitrogens with one attached hydrogen (secondary N) is 1. The predicted molar refractivity (Wildman–Crippen MR) is 152 cm³/mol. The molecule has 0 aliphatic heterocycles. The molecule has 6 heteroatoms. The minimum Gasteiger partial charge on any atom is -0.368 e. The first kappa shape index (κ1) is 28.8. The van der Waals surface area contributed by atoms with Gasteiger partial charge in [0.05, 0.1) is 16.3 Å². The lowest BCUT2D eigenvalue weighted by Crippen LogP contribution is -2.29. The van der Waals surface area contributed by atoms with Crippen LogP contribution in [0, 0.1) is 5.82 Å². The van der Waals surface area contributed by atoms with Crippen LogP contribution in [0.15, 0.2) is 53.8 Å². The third-order valence-corrected chi connectivity index (χ3v) is 6.92. The summed E-state index contributed by atoms with van der Waals surface area (Å²) < 4.78 is 13.6. The molecule has 35 heavy (non-hydrogen) atoms. The van der Waals surface area contributed by atoms with E-state index >= 15 is 0 Å². The zero-order valence-corrected chi connectivity index (χ0v) is 23.1. The fourth-order valence-corrected chi connectivity index (χ4v) is 5.36. The van der Waals surface area contributed by atoms with Crippen molar-refractivity contribution in [1.82, 2.24) is 10.3 Å². The summed E-state index contributed by atoms with van der Waals surface area (Å²) >= 11 is 1.65. The van der Waals surface area contributed by atoms with E-state index in [1.807, 2.05) is 32.9 Å². The van der Waals surface area contributed by atoms with Crippen molar-refractivity contribution in [3.63, 3.8) is 0 Å². The van der Waals surface area contributed by atoms with Crippen LogP contribution >= 0.6 is 11.3 Å². The minimum absolute atomic E-state index is 0.248. The molecule has 0 spiro atoms. The third kappa shape index (κ3) is 8.60. The lowest BCUT2D eigenvalue weighted by Gasteiger charge is -2.23. The van der Waals surface area contributed by atoms with Gasteiger partial charge in [-0.1, -0.05) is 70.9 Å². The second-order valence-corrected chi connectivity index (χ2v) is 9.57. The van der Waals surface area contributed by atoms with E-state index in [-0.39, 0.29) is 5.82 Å². The SMILES string of the molecule is C=C(/N=C(\C=C/C)c1sc(N(CCC)CCC)nc1-c1ccc(F)cc1)NC1CCCCC1.CC. The number of thiazole rings is 1. The molecule has 0 bridgehead atoms. The number of anilines is 1. The average Bonchev–Trinajstić information content (AvgIpc) is 3.31. The van der Waals surface area contributed by atoms with E-state index in [4.69, 9.17) is 9.98 Å². The fraction of sp³-hybridized carbons (Fsp3) is 0.517. The molecule has 1 aromatic heterocycles. The zero-order valence-electron chi connectivity index (χ0n) is 22.2. The van der Waals surface area contributed by atoms with Crippen molar-refractivity contribution in [3.8, 4) is 11.3 Å². The number of hydrogen-bond acceptors (Lipinski definition) is 5. The van der Waals surface area contributed by atoms with Gasteiger partial charge < -0.3 is 10.2 Å². The first-order valence-electron chi connectivity index (χ1n) is 13.2. The summed E-state index contributed by atoms with van der Waals surface area (Å²) in [6.07, 6.45) is 12.3. The maximum atomic E-state index is 13.6. The number of hydrogen-bond donors (Lipinski definition) is 1. The van der Waals surface area contributed by atoms with E-state index in [2.05, 4.69) is 30.6 Å². The number of allylic oxidation sites excluding steroid dienone is 2. The van der Waals surface area contributed by atoms with Gasteiger partial charge in [0.15, 0.2) is 5.13 Å². The summed E-state index contributed by atoms with van der Waals surface area (Å²) in [5.41, 5.74) is 2.57. The monoisotopic (exact) mass is 498 g/mol. The molecule has 1 heterocycles. The van der Waals surface area contributed by atoms with Crippen molar-refractivity contribution in [2.24, 2.45) is 4.99 Å². The van der Waals surface area contributed by atoms with Crippen molar-refractivity contribution in [2.45, 2.75) is 85.6 Å². The van der Waals surface area contributed by atoms with E-state index in [9.17, 15) is 4.39 Å². The van der Waals surface area contributed by atoms with Gasteiger partial charge in [-0.25, -0.2) is 14.4 Å². The summed E-state index contributed by atoms with van der Waals surface area (Å²) in [4.78, 5) is 13.3. The Morgan fingerprint density at radius 2 is 1.77 bits per heavy atom. The van der Waals surface area contributed by atoms with Crippen LogP contribution in [0.1, 0.15) is 84.4 Å². The van der Waals surface area contributed by atoms with Gasteiger partial charge in [-0.2, -0.15) is 0 Å². The highest BCUT2D eigenvalue weighted by atomic mass is 32.1. The van der Waals surface area contributed by atoms with Gasteiger partial charge in [0.1, 0.15) is 11.6 Å². The molecule has 0 amide bonds. The van der Waals surface area contributed by atoms with Gasteiger partial charge in [0.25, 0.3) is 0 Å². The van der Waals surface area contributed by atoms with Crippen molar-refractivity contribution in [1.29, 1.82) is 0 Å². The van der Waals surface area contributed by atoms with Crippen LogP contribution < -0.4 is 10.2 Å². The summed E-state index contributed by atoms with van der Waals surface area (Å²) in [7, 11) is 0. The Kier molecular flexibility index (Phi) is 12.7. The molecule has 1 saturated carbocycles. The van der Waals surface area contributed by atoms with Gasteiger partial charge in [0.2, 0.25) is 0 Å². The number of nitrogens with zero attached hydrogens (tertiary/aromatic N) is 3. The largest absolute Gasteiger partial charge is 0.368 e. The molecule has 0 radical (unpaired) electrons. The summed E-state index contributed by atoms with van der Waals surface area (Å²) in [6.45, 7) is 16.5. The van der Waals surface area contributed by atoms with Crippen LogP contribution in [0.25, 0.3) is 11.3 Å². The van der Waals surface area contributed by atoms with Crippen LogP contribution in [-0.2, 0) is 0 Å². The summed E-state index contributed by atoms with van der Waals surface area (Å²) in [5, 5.41) is 4.51. The standard InChI is InChI=1S/C27H37FN4S.C2H6/c1-5-11-24(30-20(4)29-23-12-9-8-10-13-23)26-25(21-14-16-22(28)17-15-21)31-27(33-26)32(18-6-2)19-7-3;1-2/h5,11,14-17,23,29H,4,6-10,12-13,18-19H2,1-3H3;1-2H3/b11-5-,30-24+;. The quantitative estimate of drug-likeness (QED) is 0.316. The molecule has 2 aromatic rings. The molecule has 0 atom stereocenters. The number of benzene rings is 1. The van der Waals surface area contributed by atoms with Crippen LogP contribution in [0.2, 0.25) is 0 Å². The Bertz CT molecular complexity index is 950. The van der Waals surface area contributed by atoms with Crippen LogP contribution in [-0.4, -0.2) is 29.8 Å². The molecule has 4 nitrogen and oxygen atoms in total. The zero-order chi connectivity index (χ0) is 25.6. The second kappa shape index (κ2) is 15.5. The molecule has 1 fully saturated rings. The smallest absolute Gasteiger partial charge is 0.186 e. The van der Waals surface area contributed by atoms with Gasteiger partial charge in [-0.3, -0.25) is 0 Å². The predicted octanol–water partition coefficient (Wildman–Crippen LogP) is 8.36. The Balaban J connectivity index is 0.00000210. The summed E-state index contributed by atoms with van der Waals surface area (Å²) in [5.74, 6) is 0.440. The van der Waals surface area contributed by atoms with E-state index in [1.54, 1.807) is 23.5 Å². The molecule has 0 unspecified atom stereocenters. The molecular weight excluding hydrogens is 455 g/mol. The third-order valence-electron chi connectivity index (χ3n) is 5.78. The lowest BCUT2D eigenvalue weighted by atomic mass is 9.96. The number of halogens is 1. The van der Waals surface area contributed by atoms with E-state index in [0.717, 1.165) is 52.9 Å². The van der Waals surface area contributed by atoms with E-state index in [1.165, 1.54) is 44.2 Å². The molecule has 1 aromatic carbocycles. The highest BCUT2D eigenvalue weighted by molar-refractivity contribution is 7.18. The fourth-order valence-electron chi connectivity index (χ4n) is 4.25. The van der Waals surface area contributed by atoms with Gasteiger partial charge in [-0.15, -0.1) is 0 Å². The van der Waals surface area contributed by atoms with Gasteiger partial charge in [-0.05, 0) is 62.9 Å². The number of rotatable bonds is 11. The van der Waals surface area contributed by atoms with Gasteiger partial charge >= 0.3 is 0 Å². The number of aromatic nitrogens is 1. The van der Waals surface area contributed by atoms with E-state index in [0.29, 0.717) is 11.9 Å². The molecule has 3 rings (SSSR count). The highest BCUT2D eigenvalue weighted by Crippen LogP contribution is 2.35. The minimum atomic E-state index is -0.248. The maximum absolute atomic E-state index is 13.6. The normalized spacial score (nSPS) is 14.5. The molecule has 0 saturated heterocycles. The summed E-state index contributed by atoms with van der Waals surface area (Å²) in [6, 6.07) is 7.02. The van der Waals surface area contributed by atoms with E-state index < -0.39 is 0 Å². The first-order valence-corrected chi connectivity index (χ1v) is 14.1. The lowest BCUT2D eigenvalue weighted by molar-refractivity contribution is 0.396. The Morgan fingerprint density at radius 1 is 1.14 bits per heavy atom. The van der Waals surface area contributed by atoms with Crippen molar-refractivity contribution < 1.29 is 4.39 Å². The molecule has 192 valence electrons. The van der Waals surface area contributed by atoms with Crippen molar-refractivity contribution in [2.75, 3.05) is 18.0 Å². The highest BCUT2D eigenvalue weighted by Gasteiger charge is 2.21. The Morgan fingerprint density at radius 3 is 2.34 bits per heavy atom. The van der Waals surface area contributed by atoms with Crippen LogP contribution in [0.4, 0.5) is 9.52 Å². The van der Waals surface area contributed by atoms with Crippen LogP contribution in [0.3, 0.4) is 0 Å². The Hall–Kier alpha value is -2.47. The van der Waals surface area contributed by atoms with Crippen molar-refractivity contribution >= 4 is 22.2 Å². The van der Waals surface area contributed by atoms with Gasteiger partial charge in [0, 0.05) is 24.7 Å². The topological polar surface area (TPSA) is 40.5 Å². The molecule has 1 N–H and O–H groups in total. The molecular formula is C29H43FN4S. The second-order valence-electron chi connectivity index (χ2n) is 8.59. The molecule has 1 aliphatic rings. The van der Waals surface area contributed by atoms with Crippen molar-refractivity contribution in [3.05, 3.63) is 59.5 Å².